The van der Waals surface area contributed by atoms with Gasteiger partial charge in [0.25, 0.3) is 0 Å². The second-order valence-electron chi connectivity index (χ2n) is 5.98. The van der Waals surface area contributed by atoms with Gasteiger partial charge in [-0.15, -0.1) is 0 Å². The first-order valence-electron chi connectivity index (χ1n) is 7.63. The zero-order valence-corrected chi connectivity index (χ0v) is 14.6. The molecule has 1 atom stereocenters. The van der Waals surface area contributed by atoms with Crippen LogP contribution < -0.4 is 0 Å². The molecule has 0 aliphatic rings. The Bertz CT molecular complexity index is 640. The van der Waals surface area contributed by atoms with E-state index >= 15 is 0 Å². The number of aryl methyl sites for hydroxylation is 1. The van der Waals surface area contributed by atoms with Gasteiger partial charge >= 0.3 is 0 Å². The summed E-state index contributed by atoms with van der Waals surface area (Å²) in [6.07, 6.45) is 4.48. The van der Waals surface area contributed by atoms with Crippen molar-refractivity contribution in [2.75, 3.05) is 13.2 Å². The van der Waals surface area contributed by atoms with E-state index in [9.17, 15) is 0 Å². The SMILES string of the molecule is CCOC(CC)OCC(C)(C)n1cc(C)c2cnc(Cl)nc21. The molecule has 2 heterocycles. The Morgan fingerprint density at radius 1 is 1.32 bits per heavy atom. The first kappa shape index (κ1) is 17.2. The molecule has 2 rings (SSSR count). The zero-order valence-electron chi connectivity index (χ0n) is 13.9. The second kappa shape index (κ2) is 6.94. The van der Waals surface area contributed by atoms with E-state index in [1.54, 1.807) is 6.20 Å². The van der Waals surface area contributed by atoms with Gasteiger partial charge in [0.15, 0.2) is 6.29 Å². The maximum absolute atomic E-state index is 5.95. The number of hydrogen-bond donors (Lipinski definition) is 0. The number of rotatable bonds is 7. The number of aromatic nitrogens is 3. The molecule has 0 fully saturated rings. The lowest BCUT2D eigenvalue weighted by atomic mass is 10.1. The molecule has 0 spiro atoms. The highest BCUT2D eigenvalue weighted by atomic mass is 35.5. The van der Waals surface area contributed by atoms with Crippen molar-refractivity contribution in [3.8, 4) is 0 Å². The van der Waals surface area contributed by atoms with Gasteiger partial charge in [-0.1, -0.05) is 6.92 Å². The molecule has 6 heteroatoms. The molecule has 2 aromatic heterocycles. The van der Waals surface area contributed by atoms with E-state index in [0.29, 0.717) is 13.2 Å². The molecule has 0 saturated carbocycles. The van der Waals surface area contributed by atoms with Gasteiger partial charge in [-0.05, 0) is 51.3 Å². The van der Waals surface area contributed by atoms with Gasteiger partial charge in [-0.2, -0.15) is 4.98 Å². The first-order chi connectivity index (χ1) is 10.4. The minimum absolute atomic E-state index is 0.176. The van der Waals surface area contributed by atoms with Crippen molar-refractivity contribution in [1.82, 2.24) is 14.5 Å². The van der Waals surface area contributed by atoms with E-state index in [1.165, 1.54) is 0 Å². The number of halogens is 1. The quantitative estimate of drug-likeness (QED) is 0.572. The Balaban J connectivity index is 2.27. The van der Waals surface area contributed by atoms with Gasteiger partial charge in [0.2, 0.25) is 5.28 Å². The molecule has 0 saturated heterocycles. The highest BCUT2D eigenvalue weighted by Crippen LogP contribution is 2.27. The topological polar surface area (TPSA) is 49.2 Å². The van der Waals surface area contributed by atoms with Crippen molar-refractivity contribution in [1.29, 1.82) is 0 Å². The summed E-state index contributed by atoms with van der Waals surface area (Å²) in [5, 5.41) is 1.26. The molecule has 2 aromatic rings. The van der Waals surface area contributed by atoms with Crippen LogP contribution in [0.4, 0.5) is 0 Å². The van der Waals surface area contributed by atoms with Crippen LogP contribution in [0, 0.1) is 6.92 Å². The number of nitrogens with zero attached hydrogens (tertiary/aromatic N) is 3. The van der Waals surface area contributed by atoms with E-state index in [2.05, 4.69) is 41.5 Å². The minimum atomic E-state index is -0.269. The number of fused-ring (bicyclic) bond motifs is 1. The summed E-state index contributed by atoms with van der Waals surface area (Å²) < 4.78 is 13.6. The molecule has 122 valence electrons. The Kier molecular flexibility index (Phi) is 5.42. The Hall–Kier alpha value is -1.17. The van der Waals surface area contributed by atoms with Crippen molar-refractivity contribution >= 4 is 22.6 Å². The van der Waals surface area contributed by atoms with E-state index in [0.717, 1.165) is 23.0 Å². The first-order valence-corrected chi connectivity index (χ1v) is 8.00. The third-order valence-corrected chi connectivity index (χ3v) is 3.86. The van der Waals surface area contributed by atoms with Crippen molar-refractivity contribution in [3.63, 3.8) is 0 Å². The van der Waals surface area contributed by atoms with Crippen molar-refractivity contribution in [2.45, 2.75) is 52.9 Å². The van der Waals surface area contributed by atoms with Gasteiger partial charge in [-0.3, -0.25) is 0 Å². The maximum Gasteiger partial charge on any atom is 0.224 e. The molecule has 22 heavy (non-hydrogen) atoms. The fourth-order valence-electron chi connectivity index (χ4n) is 2.44. The van der Waals surface area contributed by atoms with Gasteiger partial charge < -0.3 is 14.0 Å². The predicted molar refractivity (Wildman–Crippen MR) is 88.3 cm³/mol. The molecular formula is C16H24ClN3O2. The molecule has 0 aliphatic carbocycles. The smallest absolute Gasteiger partial charge is 0.224 e. The largest absolute Gasteiger partial charge is 0.353 e. The molecular weight excluding hydrogens is 302 g/mol. The van der Waals surface area contributed by atoms with Crippen molar-refractivity contribution in [3.05, 3.63) is 23.2 Å². The number of hydrogen-bond acceptors (Lipinski definition) is 4. The fourth-order valence-corrected chi connectivity index (χ4v) is 2.56. The fraction of sp³-hybridized carbons (Fsp3) is 0.625. The molecule has 0 amide bonds. The maximum atomic E-state index is 5.95. The van der Waals surface area contributed by atoms with Gasteiger partial charge in [-0.25, -0.2) is 4.98 Å². The van der Waals surface area contributed by atoms with Crippen LogP contribution in [0.3, 0.4) is 0 Å². The van der Waals surface area contributed by atoms with Crippen LogP contribution >= 0.6 is 11.6 Å². The van der Waals surface area contributed by atoms with E-state index in [1.807, 2.05) is 13.8 Å². The molecule has 0 bridgehead atoms. The summed E-state index contributed by atoms with van der Waals surface area (Å²) in [5.41, 5.74) is 1.68. The monoisotopic (exact) mass is 325 g/mol. The molecule has 0 aromatic carbocycles. The summed E-state index contributed by atoms with van der Waals surface area (Å²) in [4.78, 5) is 8.44. The Labute approximate surface area is 136 Å². The van der Waals surface area contributed by atoms with Crippen LogP contribution in [-0.4, -0.2) is 34.0 Å². The lowest BCUT2D eigenvalue weighted by Crippen LogP contribution is -2.34. The highest BCUT2D eigenvalue weighted by molar-refractivity contribution is 6.28. The molecule has 1 unspecified atom stereocenters. The average Bonchev–Trinajstić information content (AvgIpc) is 2.80. The summed E-state index contributed by atoms with van der Waals surface area (Å²) in [6, 6.07) is 0. The minimum Gasteiger partial charge on any atom is -0.353 e. The van der Waals surface area contributed by atoms with Crippen LogP contribution in [-0.2, 0) is 15.0 Å². The van der Waals surface area contributed by atoms with E-state index < -0.39 is 0 Å². The Morgan fingerprint density at radius 3 is 2.68 bits per heavy atom. The highest BCUT2D eigenvalue weighted by Gasteiger charge is 2.25. The van der Waals surface area contributed by atoms with Crippen LogP contribution in [0.5, 0.6) is 0 Å². The van der Waals surface area contributed by atoms with Crippen LogP contribution in [0.15, 0.2) is 12.4 Å². The third-order valence-electron chi connectivity index (χ3n) is 3.68. The standard InChI is InChI=1S/C16H24ClN3O2/c1-6-13(21-7-2)22-10-16(4,5)20-9-11(3)12-8-18-15(17)19-14(12)20/h8-9,13H,6-7,10H2,1-5H3. The van der Waals surface area contributed by atoms with Crippen molar-refractivity contribution < 1.29 is 9.47 Å². The third kappa shape index (κ3) is 3.59. The lowest BCUT2D eigenvalue weighted by Gasteiger charge is -2.29. The number of ether oxygens (including phenoxy) is 2. The van der Waals surface area contributed by atoms with Gasteiger partial charge in [0.05, 0.1) is 12.1 Å². The zero-order chi connectivity index (χ0) is 16.3. The summed E-state index contributed by atoms with van der Waals surface area (Å²) in [7, 11) is 0. The molecule has 5 nitrogen and oxygen atoms in total. The molecule has 0 aliphatic heterocycles. The summed E-state index contributed by atoms with van der Waals surface area (Å²) >= 11 is 5.95. The van der Waals surface area contributed by atoms with Gasteiger partial charge in [0, 0.05) is 24.4 Å². The predicted octanol–water partition coefficient (Wildman–Crippen LogP) is 3.92. The van der Waals surface area contributed by atoms with Crippen LogP contribution in [0.25, 0.3) is 11.0 Å². The lowest BCUT2D eigenvalue weighted by molar-refractivity contribution is -0.154. The Morgan fingerprint density at radius 2 is 2.05 bits per heavy atom. The van der Waals surface area contributed by atoms with Crippen molar-refractivity contribution in [2.24, 2.45) is 0 Å². The van der Waals surface area contributed by atoms with Crippen LogP contribution in [0.2, 0.25) is 5.28 Å². The van der Waals surface area contributed by atoms with Gasteiger partial charge in [0.1, 0.15) is 5.65 Å². The molecule has 0 N–H and O–H groups in total. The average molecular weight is 326 g/mol. The second-order valence-corrected chi connectivity index (χ2v) is 6.31. The summed E-state index contributed by atoms with van der Waals surface area (Å²) in [5.74, 6) is 0. The molecule has 0 radical (unpaired) electrons. The van der Waals surface area contributed by atoms with E-state index in [4.69, 9.17) is 21.1 Å². The summed E-state index contributed by atoms with van der Waals surface area (Å²) in [6.45, 7) is 11.5. The normalized spacial score (nSPS) is 13.7. The van der Waals surface area contributed by atoms with Crippen LogP contribution in [0.1, 0.15) is 39.7 Å². The van der Waals surface area contributed by atoms with E-state index in [-0.39, 0.29) is 17.1 Å².